The maximum absolute atomic E-state index is 12.1. The SMILES string of the molecule is FC(F)Oc1ccc(NC(=S)NCCCN2CCCCC2)cc1. The van der Waals surface area contributed by atoms with E-state index in [0.29, 0.717) is 5.11 Å². The van der Waals surface area contributed by atoms with E-state index in [2.05, 4.69) is 20.3 Å². The van der Waals surface area contributed by atoms with Crippen molar-refractivity contribution in [2.75, 3.05) is 31.5 Å². The molecular formula is C16H23F2N3OS. The van der Waals surface area contributed by atoms with Gasteiger partial charge in [0.1, 0.15) is 5.75 Å². The van der Waals surface area contributed by atoms with E-state index in [1.807, 2.05) is 0 Å². The van der Waals surface area contributed by atoms with Crippen molar-refractivity contribution in [3.05, 3.63) is 24.3 Å². The summed E-state index contributed by atoms with van der Waals surface area (Å²) in [6.45, 7) is 1.51. The number of rotatable bonds is 7. The van der Waals surface area contributed by atoms with Crippen molar-refractivity contribution >= 4 is 23.0 Å². The molecule has 1 aliphatic rings. The number of alkyl halides is 2. The average Bonchev–Trinajstić information content (AvgIpc) is 2.54. The van der Waals surface area contributed by atoms with Gasteiger partial charge < -0.3 is 20.3 Å². The van der Waals surface area contributed by atoms with Gasteiger partial charge in [-0.05, 0) is 75.4 Å². The summed E-state index contributed by atoms with van der Waals surface area (Å²) in [5.74, 6) is 0.131. The van der Waals surface area contributed by atoms with Gasteiger partial charge in [-0.25, -0.2) is 0 Å². The highest BCUT2D eigenvalue weighted by molar-refractivity contribution is 7.80. The largest absolute Gasteiger partial charge is 0.435 e. The van der Waals surface area contributed by atoms with Crippen LogP contribution >= 0.6 is 12.2 Å². The molecular weight excluding hydrogens is 320 g/mol. The number of hydrogen-bond acceptors (Lipinski definition) is 3. The summed E-state index contributed by atoms with van der Waals surface area (Å²) in [6, 6.07) is 6.26. The number of ether oxygens (including phenoxy) is 1. The van der Waals surface area contributed by atoms with E-state index >= 15 is 0 Å². The second kappa shape index (κ2) is 9.62. The van der Waals surface area contributed by atoms with Gasteiger partial charge in [0.25, 0.3) is 0 Å². The Morgan fingerprint density at radius 1 is 1.17 bits per heavy atom. The predicted octanol–water partition coefficient (Wildman–Crippen LogP) is 3.45. The van der Waals surface area contributed by atoms with Gasteiger partial charge >= 0.3 is 6.61 Å². The second-order valence-electron chi connectivity index (χ2n) is 5.54. The molecule has 1 saturated heterocycles. The van der Waals surface area contributed by atoms with E-state index < -0.39 is 6.61 Å². The number of likely N-dealkylation sites (tertiary alicyclic amines) is 1. The van der Waals surface area contributed by atoms with E-state index in [1.54, 1.807) is 12.1 Å². The van der Waals surface area contributed by atoms with Gasteiger partial charge in [0.15, 0.2) is 5.11 Å². The fraction of sp³-hybridized carbons (Fsp3) is 0.562. The Balaban J connectivity index is 1.62. The molecule has 23 heavy (non-hydrogen) atoms. The molecule has 1 heterocycles. The Morgan fingerprint density at radius 2 is 1.87 bits per heavy atom. The van der Waals surface area contributed by atoms with Crippen LogP contribution in [-0.4, -0.2) is 42.8 Å². The van der Waals surface area contributed by atoms with Crippen molar-refractivity contribution in [2.45, 2.75) is 32.3 Å². The minimum Gasteiger partial charge on any atom is -0.435 e. The van der Waals surface area contributed by atoms with Crippen molar-refractivity contribution in [2.24, 2.45) is 0 Å². The lowest BCUT2D eigenvalue weighted by Gasteiger charge is -2.26. The molecule has 128 valence electrons. The number of hydrogen-bond donors (Lipinski definition) is 2. The van der Waals surface area contributed by atoms with Crippen molar-refractivity contribution in [3.8, 4) is 5.75 Å². The second-order valence-corrected chi connectivity index (χ2v) is 5.95. The highest BCUT2D eigenvalue weighted by Crippen LogP contribution is 2.17. The van der Waals surface area contributed by atoms with E-state index in [-0.39, 0.29) is 5.75 Å². The summed E-state index contributed by atoms with van der Waals surface area (Å²) in [7, 11) is 0. The number of benzene rings is 1. The van der Waals surface area contributed by atoms with E-state index in [1.165, 1.54) is 44.5 Å². The molecule has 1 aliphatic heterocycles. The molecule has 0 saturated carbocycles. The third-order valence-corrected chi connectivity index (χ3v) is 3.97. The molecule has 2 N–H and O–H groups in total. The van der Waals surface area contributed by atoms with Crippen molar-refractivity contribution < 1.29 is 13.5 Å². The zero-order valence-corrected chi connectivity index (χ0v) is 13.9. The first-order valence-electron chi connectivity index (χ1n) is 7.95. The number of thiocarbonyl (C=S) groups is 1. The fourth-order valence-electron chi connectivity index (χ4n) is 2.58. The van der Waals surface area contributed by atoms with Gasteiger partial charge in [0, 0.05) is 12.2 Å². The lowest BCUT2D eigenvalue weighted by atomic mass is 10.1. The van der Waals surface area contributed by atoms with Crippen molar-refractivity contribution in [3.63, 3.8) is 0 Å². The molecule has 0 radical (unpaired) electrons. The van der Waals surface area contributed by atoms with Crippen molar-refractivity contribution in [1.29, 1.82) is 0 Å². The zero-order valence-electron chi connectivity index (χ0n) is 13.1. The first kappa shape index (κ1) is 17.9. The normalized spacial score (nSPS) is 15.4. The molecule has 0 aromatic heterocycles. The first-order valence-corrected chi connectivity index (χ1v) is 8.36. The summed E-state index contributed by atoms with van der Waals surface area (Å²) in [4.78, 5) is 2.49. The molecule has 1 aromatic rings. The van der Waals surface area contributed by atoms with Crippen LogP contribution in [-0.2, 0) is 0 Å². The minimum atomic E-state index is -2.81. The Hall–Kier alpha value is -1.47. The molecule has 4 nitrogen and oxygen atoms in total. The molecule has 0 aliphatic carbocycles. The maximum atomic E-state index is 12.1. The van der Waals surface area contributed by atoms with Crippen molar-refractivity contribution in [1.82, 2.24) is 10.2 Å². The lowest BCUT2D eigenvalue weighted by Crippen LogP contribution is -2.34. The van der Waals surface area contributed by atoms with Gasteiger partial charge in [0.05, 0.1) is 0 Å². The predicted molar refractivity (Wildman–Crippen MR) is 92.2 cm³/mol. The third-order valence-electron chi connectivity index (χ3n) is 3.72. The van der Waals surface area contributed by atoms with Gasteiger partial charge in [-0.1, -0.05) is 6.42 Å². The standard InChI is InChI=1S/C16H23F2N3OS/c17-15(18)22-14-7-5-13(6-8-14)20-16(23)19-9-4-12-21-10-2-1-3-11-21/h5-8,15H,1-4,9-12H2,(H2,19,20,23). The lowest BCUT2D eigenvalue weighted by molar-refractivity contribution is -0.0498. The molecule has 0 unspecified atom stereocenters. The Labute approximate surface area is 141 Å². The average molecular weight is 343 g/mol. The molecule has 0 spiro atoms. The maximum Gasteiger partial charge on any atom is 0.387 e. The molecule has 7 heteroatoms. The van der Waals surface area contributed by atoms with Crippen LogP contribution in [0.3, 0.4) is 0 Å². The number of halogens is 2. The number of nitrogens with zero attached hydrogens (tertiary/aromatic N) is 1. The minimum absolute atomic E-state index is 0.131. The van der Waals surface area contributed by atoms with Crippen LogP contribution in [0.2, 0.25) is 0 Å². The fourth-order valence-corrected chi connectivity index (χ4v) is 2.80. The highest BCUT2D eigenvalue weighted by atomic mass is 32.1. The molecule has 0 bridgehead atoms. The number of anilines is 1. The molecule has 0 atom stereocenters. The molecule has 1 fully saturated rings. The molecule has 0 amide bonds. The molecule has 2 rings (SSSR count). The van der Waals surface area contributed by atoms with Gasteiger partial charge in [0.2, 0.25) is 0 Å². The Kier molecular flexibility index (Phi) is 7.48. The Morgan fingerprint density at radius 3 is 2.52 bits per heavy atom. The van der Waals surface area contributed by atoms with Crippen LogP contribution in [0, 0.1) is 0 Å². The van der Waals surface area contributed by atoms with Crippen LogP contribution in [0.1, 0.15) is 25.7 Å². The van der Waals surface area contributed by atoms with Gasteiger partial charge in [-0.2, -0.15) is 8.78 Å². The van der Waals surface area contributed by atoms with Crippen LogP contribution in [0.5, 0.6) is 5.75 Å². The van der Waals surface area contributed by atoms with Crippen LogP contribution in [0.15, 0.2) is 24.3 Å². The molecule has 1 aromatic carbocycles. The summed E-state index contributed by atoms with van der Waals surface area (Å²) in [5.41, 5.74) is 0.736. The van der Waals surface area contributed by atoms with Crippen LogP contribution < -0.4 is 15.4 Å². The van der Waals surface area contributed by atoms with Crippen LogP contribution in [0.25, 0.3) is 0 Å². The quantitative estimate of drug-likeness (QED) is 0.586. The number of piperidine rings is 1. The summed E-state index contributed by atoms with van der Waals surface area (Å²) >= 11 is 5.22. The first-order chi connectivity index (χ1) is 11.1. The topological polar surface area (TPSA) is 36.5 Å². The smallest absolute Gasteiger partial charge is 0.387 e. The summed E-state index contributed by atoms with van der Waals surface area (Å²) in [6.07, 6.45) is 5.00. The van der Waals surface area contributed by atoms with Gasteiger partial charge in [-0.3, -0.25) is 0 Å². The highest BCUT2D eigenvalue weighted by Gasteiger charge is 2.09. The van der Waals surface area contributed by atoms with E-state index in [9.17, 15) is 8.78 Å². The monoisotopic (exact) mass is 343 g/mol. The number of nitrogens with one attached hydrogen (secondary N) is 2. The summed E-state index contributed by atoms with van der Waals surface area (Å²) < 4.78 is 28.4. The van der Waals surface area contributed by atoms with E-state index in [4.69, 9.17) is 12.2 Å². The third kappa shape index (κ3) is 7.09. The van der Waals surface area contributed by atoms with Crippen LogP contribution in [0.4, 0.5) is 14.5 Å². The Bertz CT molecular complexity index is 479. The zero-order chi connectivity index (χ0) is 16.5. The van der Waals surface area contributed by atoms with E-state index in [0.717, 1.165) is 25.2 Å². The van der Waals surface area contributed by atoms with Gasteiger partial charge in [-0.15, -0.1) is 0 Å². The summed E-state index contributed by atoms with van der Waals surface area (Å²) in [5, 5.41) is 6.72.